The predicted octanol–water partition coefficient (Wildman–Crippen LogP) is 5.21. The second-order valence-corrected chi connectivity index (χ2v) is 5.53. The summed E-state index contributed by atoms with van der Waals surface area (Å²) in [5.41, 5.74) is 2.00. The topological polar surface area (TPSA) is 0 Å². The van der Waals surface area contributed by atoms with E-state index in [1.807, 2.05) is 17.5 Å². The SMILES string of the molecule is Fc1ccc(C(c2ccc(F)cc2)c2cccs2)cc1. The molecule has 0 saturated heterocycles. The first-order valence-corrected chi connectivity index (χ1v) is 7.16. The molecule has 0 saturated carbocycles. The van der Waals surface area contributed by atoms with Gasteiger partial charge < -0.3 is 0 Å². The predicted molar refractivity (Wildman–Crippen MR) is 78.1 cm³/mol. The fourth-order valence-electron chi connectivity index (χ4n) is 2.29. The van der Waals surface area contributed by atoms with Crippen molar-refractivity contribution in [2.24, 2.45) is 0 Å². The number of halogens is 2. The number of thiophene rings is 1. The molecule has 3 rings (SSSR count). The van der Waals surface area contributed by atoms with Crippen LogP contribution in [0.1, 0.15) is 21.9 Å². The Hall–Kier alpha value is -2.00. The van der Waals surface area contributed by atoms with Crippen molar-refractivity contribution in [2.75, 3.05) is 0 Å². The number of hydrogen-bond acceptors (Lipinski definition) is 1. The van der Waals surface area contributed by atoms with Crippen molar-refractivity contribution < 1.29 is 8.78 Å². The summed E-state index contributed by atoms with van der Waals surface area (Å²) in [6.07, 6.45) is 0. The van der Waals surface area contributed by atoms with Crippen LogP contribution in [0.25, 0.3) is 0 Å². The maximum absolute atomic E-state index is 13.1. The minimum absolute atomic E-state index is 0.0104. The minimum Gasteiger partial charge on any atom is -0.207 e. The zero-order chi connectivity index (χ0) is 13.9. The van der Waals surface area contributed by atoms with E-state index < -0.39 is 0 Å². The molecule has 0 nitrogen and oxygen atoms in total. The molecule has 0 atom stereocenters. The van der Waals surface area contributed by atoms with Crippen molar-refractivity contribution in [2.45, 2.75) is 5.92 Å². The first kappa shape index (κ1) is 13.0. The van der Waals surface area contributed by atoms with Gasteiger partial charge in [0.25, 0.3) is 0 Å². The standard InChI is InChI=1S/C17H12F2S/c18-14-7-3-12(4-8-14)17(16-2-1-11-20-16)13-5-9-15(19)10-6-13/h1-11,17H. The van der Waals surface area contributed by atoms with Crippen molar-refractivity contribution >= 4 is 11.3 Å². The number of hydrogen-bond donors (Lipinski definition) is 0. The van der Waals surface area contributed by atoms with Crippen LogP contribution in [0.3, 0.4) is 0 Å². The van der Waals surface area contributed by atoms with Gasteiger partial charge in [0.1, 0.15) is 11.6 Å². The summed E-state index contributed by atoms with van der Waals surface area (Å²) in [7, 11) is 0. The van der Waals surface area contributed by atoms with Gasteiger partial charge >= 0.3 is 0 Å². The van der Waals surface area contributed by atoms with Gasteiger partial charge in [0, 0.05) is 10.8 Å². The molecule has 0 aliphatic heterocycles. The largest absolute Gasteiger partial charge is 0.207 e. The zero-order valence-corrected chi connectivity index (χ0v) is 11.4. The van der Waals surface area contributed by atoms with Gasteiger partial charge in [-0.1, -0.05) is 30.3 Å². The van der Waals surface area contributed by atoms with E-state index in [2.05, 4.69) is 0 Å². The van der Waals surface area contributed by atoms with Crippen LogP contribution in [-0.4, -0.2) is 0 Å². The lowest BCUT2D eigenvalue weighted by Crippen LogP contribution is -2.01. The van der Waals surface area contributed by atoms with Gasteiger partial charge in [-0.15, -0.1) is 11.3 Å². The Balaban J connectivity index is 2.09. The lowest BCUT2D eigenvalue weighted by molar-refractivity contribution is 0.626. The maximum Gasteiger partial charge on any atom is 0.123 e. The molecule has 0 amide bonds. The molecule has 0 fully saturated rings. The van der Waals surface area contributed by atoms with E-state index in [-0.39, 0.29) is 17.6 Å². The molecule has 2 aromatic carbocycles. The molecule has 0 aliphatic rings. The number of benzene rings is 2. The fourth-order valence-corrected chi connectivity index (χ4v) is 3.17. The highest BCUT2D eigenvalue weighted by Crippen LogP contribution is 2.34. The summed E-state index contributed by atoms with van der Waals surface area (Å²) < 4.78 is 26.2. The van der Waals surface area contributed by atoms with Gasteiger partial charge in [0.2, 0.25) is 0 Å². The average molecular weight is 286 g/mol. The highest BCUT2D eigenvalue weighted by molar-refractivity contribution is 7.10. The summed E-state index contributed by atoms with van der Waals surface area (Å²) in [6.45, 7) is 0. The Labute approximate surface area is 120 Å². The lowest BCUT2D eigenvalue weighted by Gasteiger charge is -2.16. The van der Waals surface area contributed by atoms with E-state index >= 15 is 0 Å². The third kappa shape index (κ3) is 2.63. The van der Waals surface area contributed by atoms with E-state index in [1.54, 1.807) is 35.6 Å². The van der Waals surface area contributed by atoms with Crippen LogP contribution in [0.4, 0.5) is 8.78 Å². The van der Waals surface area contributed by atoms with Gasteiger partial charge in [-0.05, 0) is 46.8 Å². The van der Waals surface area contributed by atoms with Crippen LogP contribution in [0.5, 0.6) is 0 Å². The Morgan fingerprint density at radius 1 is 0.700 bits per heavy atom. The molecule has 100 valence electrons. The van der Waals surface area contributed by atoms with Crippen LogP contribution in [-0.2, 0) is 0 Å². The van der Waals surface area contributed by atoms with Crippen LogP contribution in [0, 0.1) is 11.6 Å². The Morgan fingerprint density at radius 2 is 1.20 bits per heavy atom. The van der Waals surface area contributed by atoms with E-state index in [9.17, 15) is 8.78 Å². The van der Waals surface area contributed by atoms with Gasteiger partial charge in [-0.25, -0.2) is 8.78 Å². The third-order valence-corrected chi connectivity index (χ3v) is 4.17. The summed E-state index contributed by atoms with van der Waals surface area (Å²) >= 11 is 1.64. The van der Waals surface area contributed by atoms with Crippen LogP contribution < -0.4 is 0 Å². The lowest BCUT2D eigenvalue weighted by atomic mass is 9.90. The minimum atomic E-state index is -0.252. The average Bonchev–Trinajstić information content (AvgIpc) is 2.97. The molecule has 0 unspecified atom stereocenters. The molecular formula is C17H12F2S. The van der Waals surface area contributed by atoms with Crippen molar-refractivity contribution in [1.82, 2.24) is 0 Å². The Bertz CT molecular complexity index is 625. The van der Waals surface area contributed by atoms with Crippen molar-refractivity contribution in [3.05, 3.63) is 93.7 Å². The molecule has 0 radical (unpaired) electrons. The fraction of sp³-hybridized carbons (Fsp3) is 0.0588. The summed E-state index contributed by atoms with van der Waals surface area (Å²) in [4.78, 5) is 1.16. The van der Waals surface area contributed by atoms with Gasteiger partial charge in [-0.2, -0.15) is 0 Å². The number of rotatable bonds is 3. The van der Waals surface area contributed by atoms with Crippen LogP contribution >= 0.6 is 11.3 Å². The quantitative estimate of drug-likeness (QED) is 0.620. The van der Waals surface area contributed by atoms with E-state index in [4.69, 9.17) is 0 Å². The molecular weight excluding hydrogens is 274 g/mol. The van der Waals surface area contributed by atoms with E-state index in [0.717, 1.165) is 16.0 Å². The normalized spacial score (nSPS) is 10.9. The summed E-state index contributed by atoms with van der Waals surface area (Å²) in [6, 6.07) is 17.0. The van der Waals surface area contributed by atoms with Crippen molar-refractivity contribution in [3.63, 3.8) is 0 Å². The second kappa shape index (κ2) is 5.55. The van der Waals surface area contributed by atoms with Crippen molar-refractivity contribution in [3.8, 4) is 0 Å². The van der Waals surface area contributed by atoms with E-state index in [1.165, 1.54) is 24.3 Å². The molecule has 1 heterocycles. The highest BCUT2D eigenvalue weighted by Gasteiger charge is 2.17. The van der Waals surface area contributed by atoms with Gasteiger partial charge in [0.15, 0.2) is 0 Å². The summed E-state index contributed by atoms with van der Waals surface area (Å²) in [5.74, 6) is -0.494. The van der Waals surface area contributed by atoms with Gasteiger partial charge in [0.05, 0.1) is 0 Å². The summed E-state index contributed by atoms with van der Waals surface area (Å²) in [5, 5.41) is 2.01. The third-order valence-electron chi connectivity index (χ3n) is 3.23. The monoisotopic (exact) mass is 286 g/mol. The maximum atomic E-state index is 13.1. The highest BCUT2D eigenvalue weighted by atomic mass is 32.1. The first-order chi connectivity index (χ1) is 9.74. The molecule has 3 heteroatoms. The molecule has 20 heavy (non-hydrogen) atoms. The molecule has 0 N–H and O–H groups in total. The molecule has 0 spiro atoms. The van der Waals surface area contributed by atoms with Crippen LogP contribution in [0.15, 0.2) is 66.0 Å². The van der Waals surface area contributed by atoms with Crippen LogP contribution in [0.2, 0.25) is 0 Å². The first-order valence-electron chi connectivity index (χ1n) is 6.28. The molecule has 0 bridgehead atoms. The van der Waals surface area contributed by atoms with Crippen molar-refractivity contribution in [1.29, 1.82) is 0 Å². The Morgan fingerprint density at radius 3 is 1.60 bits per heavy atom. The smallest absolute Gasteiger partial charge is 0.123 e. The van der Waals surface area contributed by atoms with Gasteiger partial charge in [-0.3, -0.25) is 0 Å². The zero-order valence-electron chi connectivity index (χ0n) is 10.6. The Kier molecular flexibility index (Phi) is 3.61. The van der Waals surface area contributed by atoms with E-state index in [0.29, 0.717) is 0 Å². The molecule has 3 aromatic rings. The second-order valence-electron chi connectivity index (χ2n) is 4.55. The molecule has 0 aliphatic carbocycles. The molecule has 1 aromatic heterocycles.